The number of nitrogens with one attached hydrogen (secondary N) is 2. The number of carbonyl (C=O) groups is 3. The number of anilines is 2. The zero-order valence-electron chi connectivity index (χ0n) is 20.0. The third-order valence-corrected chi connectivity index (χ3v) is 6.50. The zero-order valence-corrected chi connectivity index (χ0v) is 21.6. The Hall–Kier alpha value is -3.95. The number of hydrogen-bond donors (Lipinski definition) is 2. The molecule has 2 aliphatic rings. The van der Waals surface area contributed by atoms with Gasteiger partial charge in [-0.1, -0.05) is 29.3 Å². The van der Waals surface area contributed by atoms with Gasteiger partial charge in [-0.3, -0.25) is 14.4 Å². The van der Waals surface area contributed by atoms with E-state index in [1.807, 2.05) is 12.1 Å². The van der Waals surface area contributed by atoms with E-state index in [-0.39, 0.29) is 44.1 Å². The minimum atomic E-state index is -0.462. The highest BCUT2D eigenvalue weighted by Crippen LogP contribution is 2.32. The molecule has 9 nitrogen and oxygen atoms in total. The molecule has 1 atom stereocenters. The number of carbonyl (C=O) groups excluding carboxylic acids is 3. The smallest absolute Gasteiger partial charge is 0.262 e. The average molecular weight is 556 g/mol. The first-order chi connectivity index (χ1) is 18.3. The van der Waals surface area contributed by atoms with Crippen LogP contribution in [0.2, 0.25) is 10.0 Å². The Labute approximate surface area is 228 Å². The largest absolute Gasteiger partial charge is 0.484 e. The van der Waals surface area contributed by atoms with Gasteiger partial charge < -0.3 is 29.7 Å². The number of nitrogens with zero attached hydrogens (tertiary/aromatic N) is 1. The first-order valence-electron chi connectivity index (χ1n) is 11.8. The van der Waals surface area contributed by atoms with E-state index in [1.165, 1.54) is 0 Å². The van der Waals surface area contributed by atoms with Gasteiger partial charge in [0.1, 0.15) is 5.75 Å². The molecule has 38 heavy (non-hydrogen) atoms. The monoisotopic (exact) mass is 555 g/mol. The normalized spacial score (nSPS) is 15.9. The molecule has 5 rings (SSSR count). The van der Waals surface area contributed by atoms with Gasteiger partial charge in [-0.2, -0.15) is 0 Å². The molecular formula is C27H23Cl2N3O6. The summed E-state index contributed by atoms with van der Waals surface area (Å²) in [6.45, 7) is 0.561. The van der Waals surface area contributed by atoms with Crippen LogP contribution in [0.15, 0.2) is 60.7 Å². The highest BCUT2D eigenvalue weighted by atomic mass is 35.5. The molecule has 0 unspecified atom stereocenters. The van der Waals surface area contributed by atoms with Gasteiger partial charge in [0.05, 0.1) is 5.92 Å². The van der Waals surface area contributed by atoms with E-state index >= 15 is 0 Å². The summed E-state index contributed by atoms with van der Waals surface area (Å²) < 4.78 is 16.2. The molecule has 0 spiro atoms. The summed E-state index contributed by atoms with van der Waals surface area (Å²) >= 11 is 11.9. The van der Waals surface area contributed by atoms with Crippen molar-refractivity contribution in [3.8, 4) is 17.2 Å². The molecule has 1 saturated heterocycles. The van der Waals surface area contributed by atoms with Crippen LogP contribution in [-0.4, -0.2) is 37.7 Å². The molecule has 0 aliphatic carbocycles. The Morgan fingerprint density at radius 1 is 0.974 bits per heavy atom. The lowest BCUT2D eigenvalue weighted by Crippen LogP contribution is -2.32. The van der Waals surface area contributed by atoms with E-state index in [2.05, 4.69) is 10.6 Å². The highest BCUT2D eigenvalue weighted by molar-refractivity contribution is 6.35. The van der Waals surface area contributed by atoms with Gasteiger partial charge in [-0.15, -0.1) is 0 Å². The fraction of sp³-hybridized carbons (Fsp3) is 0.222. The van der Waals surface area contributed by atoms with Gasteiger partial charge in [-0.05, 0) is 60.2 Å². The molecule has 0 aromatic heterocycles. The summed E-state index contributed by atoms with van der Waals surface area (Å²) in [5, 5.41) is 6.38. The molecule has 0 radical (unpaired) electrons. The van der Waals surface area contributed by atoms with Gasteiger partial charge >= 0.3 is 0 Å². The van der Waals surface area contributed by atoms with Crippen LogP contribution in [0.3, 0.4) is 0 Å². The van der Waals surface area contributed by atoms with Crippen LogP contribution in [-0.2, 0) is 20.9 Å². The van der Waals surface area contributed by atoms with Gasteiger partial charge in [-0.25, -0.2) is 0 Å². The van der Waals surface area contributed by atoms with E-state index in [1.54, 1.807) is 53.4 Å². The summed E-state index contributed by atoms with van der Waals surface area (Å²) in [5.74, 6) is 0.621. The third-order valence-electron chi connectivity index (χ3n) is 6.06. The maximum atomic E-state index is 12.7. The van der Waals surface area contributed by atoms with Crippen molar-refractivity contribution >= 4 is 52.3 Å². The summed E-state index contributed by atoms with van der Waals surface area (Å²) in [6.07, 6.45) is 0.124. The average Bonchev–Trinajstić information content (AvgIpc) is 3.52. The molecule has 2 heterocycles. The maximum absolute atomic E-state index is 12.7. The van der Waals surface area contributed by atoms with Crippen molar-refractivity contribution in [2.75, 3.05) is 30.2 Å². The number of ether oxygens (including phenoxy) is 3. The number of halogens is 2. The SMILES string of the molecule is O=C(COc1ccc(N2C[C@@H](C(=O)NCc3ccc4c(c3)OCO4)CC2=O)cc1)Nc1cc(Cl)cc(Cl)c1. The third kappa shape index (κ3) is 6.12. The number of fused-ring (bicyclic) bond motifs is 1. The summed E-state index contributed by atoms with van der Waals surface area (Å²) in [4.78, 5) is 39.1. The number of benzene rings is 3. The lowest BCUT2D eigenvalue weighted by molar-refractivity contribution is -0.126. The van der Waals surface area contributed by atoms with Crippen LogP contribution in [0, 0.1) is 5.92 Å². The first-order valence-corrected chi connectivity index (χ1v) is 12.5. The van der Waals surface area contributed by atoms with Crippen molar-refractivity contribution in [3.63, 3.8) is 0 Å². The van der Waals surface area contributed by atoms with Crippen LogP contribution in [0.1, 0.15) is 12.0 Å². The minimum Gasteiger partial charge on any atom is -0.484 e. The Morgan fingerprint density at radius 2 is 1.71 bits per heavy atom. The van der Waals surface area contributed by atoms with Gasteiger partial charge in [0, 0.05) is 40.9 Å². The van der Waals surface area contributed by atoms with Crippen LogP contribution in [0.5, 0.6) is 17.2 Å². The van der Waals surface area contributed by atoms with Crippen molar-refractivity contribution in [2.24, 2.45) is 5.92 Å². The fourth-order valence-electron chi connectivity index (χ4n) is 4.21. The molecule has 3 aromatic rings. The second kappa shape index (κ2) is 11.2. The zero-order chi connectivity index (χ0) is 26.6. The molecule has 2 N–H and O–H groups in total. The molecule has 3 aromatic carbocycles. The Balaban J connectivity index is 1.11. The number of hydrogen-bond acceptors (Lipinski definition) is 6. The van der Waals surface area contributed by atoms with Gasteiger partial charge in [0.25, 0.3) is 5.91 Å². The number of amides is 3. The molecule has 0 bridgehead atoms. The maximum Gasteiger partial charge on any atom is 0.262 e. The predicted molar refractivity (Wildman–Crippen MR) is 142 cm³/mol. The molecule has 2 aliphatic heterocycles. The van der Waals surface area contributed by atoms with E-state index in [0.29, 0.717) is 45.2 Å². The van der Waals surface area contributed by atoms with E-state index in [0.717, 1.165) is 5.56 Å². The summed E-state index contributed by atoms with van der Waals surface area (Å²) in [5.41, 5.74) is 1.99. The predicted octanol–water partition coefficient (Wildman–Crippen LogP) is 4.41. The molecule has 3 amide bonds. The molecule has 1 fully saturated rings. The standard InChI is InChI=1S/C27H23Cl2N3O6/c28-18-9-19(29)11-20(10-18)31-25(33)14-36-22-4-2-21(3-5-22)32-13-17(8-26(32)34)27(35)30-12-16-1-6-23-24(7-16)38-15-37-23/h1-7,9-11,17H,8,12-15H2,(H,30,35)(H,31,33)/t17-/m0/s1. The fourth-order valence-corrected chi connectivity index (χ4v) is 4.74. The first kappa shape index (κ1) is 25.7. The lowest BCUT2D eigenvalue weighted by Gasteiger charge is -2.17. The van der Waals surface area contributed by atoms with Crippen LogP contribution in [0.25, 0.3) is 0 Å². The highest BCUT2D eigenvalue weighted by Gasteiger charge is 2.35. The van der Waals surface area contributed by atoms with Crippen molar-refractivity contribution in [1.82, 2.24) is 5.32 Å². The number of rotatable bonds is 8. The van der Waals surface area contributed by atoms with Crippen molar-refractivity contribution in [1.29, 1.82) is 0 Å². The van der Waals surface area contributed by atoms with E-state index in [9.17, 15) is 14.4 Å². The summed E-state index contributed by atoms with van der Waals surface area (Å²) in [6, 6.07) is 17.0. The lowest BCUT2D eigenvalue weighted by atomic mass is 10.1. The van der Waals surface area contributed by atoms with E-state index < -0.39 is 5.92 Å². The second-order valence-corrected chi connectivity index (χ2v) is 9.67. The van der Waals surface area contributed by atoms with Crippen LogP contribution in [0.4, 0.5) is 11.4 Å². The topological polar surface area (TPSA) is 106 Å². The van der Waals surface area contributed by atoms with Crippen molar-refractivity contribution < 1.29 is 28.6 Å². The Bertz CT molecular complexity index is 1360. The molecule has 11 heteroatoms. The van der Waals surface area contributed by atoms with E-state index in [4.69, 9.17) is 37.4 Å². The quantitative estimate of drug-likeness (QED) is 0.426. The Morgan fingerprint density at radius 3 is 2.47 bits per heavy atom. The Kier molecular flexibility index (Phi) is 7.57. The minimum absolute atomic E-state index is 0.124. The van der Waals surface area contributed by atoms with Gasteiger partial charge in [0.15, 0.2) is 18.1 Å². The van der Waals surface area contributed by atoms with Gasteiger partial charge in [0.2, 0.25) is 18.6 Å². The van der Waals surface area contributed by atoms with Crippen molar-refractivity contribution in [3.05, 3.63) is 76.3 Å². The molecular weight excluding hydrogens is 533 g/mol. The summed E-state index contributed by atoms with van der Waals surface area (Å²) in [7, 11) is 0. The van der Waals surface area contributed by atoms with Crippen LogP contribution < -0.4 is 29.7 Å². The second-order valence-electron chi connectivity index (χ2n) is 8.80. The van der Waals surface area contributed by atoms with Crippen molar-refractivity contribution in [2.45, 2.75) is 13.0 Å². The molecule has 196 valence electrons. The van der Waals surface area contributed by atoms with Crippen LogP contribution >= 0.6 is 23.2 Å². The molecule has 0 saturated carbocycles.